The second-order valence-electron chi connectivity index (χ2n) is 8.27. The number of alkyl carbamates (subject to hydrolysis) is 1. The Kier molecular flexibility index (Phi) is 7.63. The number of hydrogen-bond acceptors (Lipinski definition) is 9. The summed E-state index contributed by atoms with van der Waals surface area (Å²) in [6.45, 7) is -0.246. The van der Waals surface area contributed by atoms with Gasteiger partial charge in [-0.15, -0.1) is 11.8 Å². The molecule has 0 radical (unpaired) electrons. The van der Waals surface area contributed by atoms with Crippen molar-refractivity contribution in [3.05, 3.63) is 35.4 Å². The van der Waals surface area contributed by atoms with Gasteiger partial charge in [0.2, 0.25) is 5.71 Å². The smallest absolute Gasteiger partial charge is 0.407 e. The SMILES string of the molecule is CON=C(C(=O)N[C@@H]1C(=O)N2C(C(=O)O)=C(COC(=O)NC3CCCCC3)CS[C@H]12)c1ccco1. The summed E-state index contributed by atoms with van der Waals surface area (Å²) >= 11 is 1.27. The molecule has 3 N–H and O–H groups in total. The van der Waals surface area contributed by atoms with Crippen LogP contribution in [0.25, 0.3) is 0 Å². The molecule has 1 aliphatic carbocycles. The van der Waals surface area contributed by atoms with Crippen molar-refractivity contribution in [3.8, 4) is 0 Å². The van der Waals surface area contributed by atoms with Crippen LogP contribution in [-0.2, 0) is 24.0 Å². The molecule has 1 saturated heterocycles. The first-order valence-electron chi connectivity index (χ1n) is 11.2. The minimum atomic E-state index is -1.31. The van der Waals surface area contributed by atoms with Gasteiger partial charge in [-0.2, -0.15) is 0 Å². The third kappa shape index (κ3) is 5.29. The van der Waals surface area contributed by atoms with E-state index in [4.69, 9.17) is 14.0 Å². The molecule has 3 heterocycles. The average Bonchev–Trinajstić information content (AvgIpc) is 3.38. The number of β-lactam (4-membered cyclic amide) rings is 1. The highest BCUT2D eigenvalue weighted by Gasteiger charge is 2.54. The van der Waals surface area contributed by atoms with E-state index in [0.717, 1.165) is 37.0 Å². The summed E-state index contributed by atoms with van der Waals surface area (Å²) in [7, 11) is 1.27. The molecule has 0 aromatic carbocycles. The van der Waals surface area contributed by atoms with E-state index in [9.17, 15) is 24.3 Å². The lowest BCUT2D eigenvalue weighted by Crippen LogP contribution is -2.71. The molecule has 2 fully saturated rings. The Labute approximate surface area is 205 Å². The van der Waals surface area contributed by atoms with Crippen LogP contribution in [0.2, 0.25) is 0 Å². The number of rotatable bonds is 8. The van der Waals surface area contributed by atoms with E-state index in [0.29, 0.717) is 5.57 Å². The van der Waals surface area contributed by atoms with Crippen LogP contribution in [0.1, 0.15) is 37.9 Å². The van der Waals surface area contributed by atoms with E-state index in [1.165, 1.54) is 31.2 Å². The number of hydrogen-bond donors (Lipinski definition) is 3. The van der Waals surface area contributed by atoms with Crippen LogP contribution in [0.15, 0.2) is 39.2 Å². The summed E-state index contributed by atoms with van der Waals surface area (Å²) in [5.41, 5.74) is -0.0731. The predicted octanol–water partition coefficient (Wildman–Crippen LogP) is 1.43. The zero-order valence-electron chi connectivity index (χ0n) is 19.0. The molecule has 1 saturated carbocycles. The fraction of sp³-hybridized carbons (Fsp3) is 0.500. The fourth-order valence-electron chi connectivity index (χ4n) is 4.31. The van der Waals surface area contributed by atoms with Gasteiger partial charge in [0.1, 0.15) is 30.8 Å². The minimum Gasteiger partial charge on any atom is -0.477 e. The number of nitrogens with one attached hydrogen (secondary N) is 2. The van der Waals surface area contributed by atoms with E-state index in [1.807, 2.05) is 0 Å². The Morgan fingerprint density at radius 1 is 1.26 bits per heavy atom. The standard InChI is InChI=1S/C22H26N4O8S/c1-32-25-15(14-8-5-9-33-14)18(27)24-16-19(28)26-17(21(29)30)12(11-35-20(16)26)10-34-22(31)23-13-6-3-2-4-7-13/h5,8-9,13,16,20H,2-4,6-7,10-11H2,1H3,(H,23,31)(H,24,27)(H,29,30)/t16-,20-/m1/s1. The summed E-state index contributed by atoms with van der Waals surface area (Å²) in [5.74, 6) is -2.22. The summed E-state index contributed by atoms with van der Waals surface area (Å²) < 4.78 is 10.5. The van der Waals surface area contributed by atoms with Gasteiger partial charge >= 0.3 is 12.1 Å². The third-order valence-corrected chi connectivity index (χ3v) is 7.33. The quantitative estimate of drug-likeness (QED) is 0.269. The zero-order chi connectivity index (χ0) is 24.9. The molecule has 1 aromatic heterocycles. The second kappa shape index (κ2) is 10.8. The lowest BCUT2D eigenvalue weighted by Gasteiger charge is -2.49. The van der Waals surface area contributed by atoms with Crippen molar-refractivity contribution >= 4 is 41.4 Å². The highest BCUT2D eigenvalue weighted by molar-refractivity contribution is 8.00. The zero-order valence-corrected chi connectivity index (χ0v) is 19.8. The van der Waals surface area contributed by atoms with Gasteiger partial charge in [-0.1, -0.05) is 24.4 Å². The molecular weight excluding hydrogens is 480 g/mol. The van der Waals surface area contributed by atoms with Crippen molar-refractivity contribution in [1.82, 2.24) is 15.5 Å². The molecule has 3 amide bonds. The number of ether oxygens (including phenoxy) is 1. The number of furan rings is 1. The van der Waals surface area contributed by atoms with Crippen LogP contribution >= 0.6 is 11.8 Å². The first-order valence-corrected chi connectivity index (χ1v) is 12.2. The van der Waals surface area contributed by atoms with Gasteiger partial charge in [0.25, 0.3) is 11.8 Å². The largest absolute Gasteiger partial charge is 0.477 e. The first-order chi connectivity index (χ1) is 16.9. The van der Waals surface area contributed by atoms with Gasteiger partial charge in [0.15, 0.2) is 5.76 Å². The molecule has 0 bridgehead atoms. The van der Waals surface area contributed by atoms with E-state index >= 15 is 0 Å². The highest BCUT2D eigenvalue weighted by Crippen LogP contribution is 2.40. The van der Waals surface area contributed by atoms with E-state index in [1.54, 1.807) is 6.07 Å². The van der Waals surface area contributed by atoms with Crippen LogP contribution < -0.4 is 10.6 Å². The molecule has 12 nitrogen and oxygen atoms in total. The fourth-order valence-corrected chi connectivity index (χ4v) is 5.64. The molecule has 2 atom stereocenters. The van der Waals surface area contributed by atoms with Crippen molar-refractivity contribution in [1.29, 1.82) is 0 Å². The monoisotopic (exact) mass is 506 g/mol. The Balaban J connectivity index is 1.40. The van der Waals surface area contributed by atoms with Crippen molar-refractivity contribution in [2.45, 2.75) is 49.6 Å². The van der Waals surface area contributed by atoms with Crippen LogP contribution in [-0.4, -0.2) is 76.5 Å². The number of carboxylic acids is 1. The number of nitrogens with zero attached hydrogens (tertiary/aromatic N) is 2. The molecule has 35 heavy (non-hydrogen) atoms. The van der Waals surface area contributed by atoms with Gasteiger partial charge in [-0.25, -0.2) is 9.59 Å². The van der Waals surface area contributed by atoms with Crippen LogP contribution in [0.4, 0.5) is 4.79 Å². The second-order valence-corrected chi connectivity index (χ2v) is 9.38. The minimum absolute atomic E-state index is 0.0586. The Morgan fingerprint density at radius 3 is 2.69 bits per heavy atom. The average molecular weight is 507 g/mol. The number of carbonyl (C=O) groups excluding carboxylic acids is 3. The maximum absolute atomic E-state index is 12.8. The van der Waals surface area contributed by atoms with Crippen molar-refractivity contribution in [2.24, 2.45) is 5.16 Å². The topological polar surface area (TPSA) is 160 Å². The molecule has 3 aliphatic rings. The van der Waals surface area contributed by atoms with Crippen LogP contribution in [0.3, 0.4) is 0 Å². The molecule has 4 rings (SSSR count). The van der Waals surface area contributed by atoms with Gasteiger partial charge < -0.3 is 29.7 Å². The van der Waals surface area contributed by atoms with E-state index in [2.05, 4.69) is 15.8 Å². The number of fused-ring (bicyclic) bond motifs is 1. The van der Waals surface area contributed by atoms with Gasteiger partial charge in [0, 0.05) is 17.4 Å². The van der Waals surface area contributed by atoms with Crippen molar-refractivity contribution in [3.63, 3.8) is 0 Å². The van der Waals surface area contributed by atoms with Crippen LogP contribution in [0, 0.1) is 0 Å². The Bertz CT molecular complexity index is 1050. The number of carbonyl (C=O) groups is 4. The lowest BCUT2D eigenvalue weighted by atomic mass is 9.96. The number of amides is 3. The molecule has 188 valence electrons. The summed E-state index contributed by atoms with van der Waals surface area (Å²) in [6.07, 6.45) is 5.78. The summed E-state index contributed by atoms with van der Waals surface area (Å²) in [6, 6.07) is 2.19. The molecule has 13 heteroatoms. The number of carboxylic acid groups (broad SMARTS) is 1. The summed E-state index contributed by atoms with van der Waals surface area (Å²) in [5, 5.41) is 18.2. The van der Waals surface area contributed by atoms with Crippen LogP contribution in [0.5, 0.6) is 0 Å². The molecule has 0 spiro atoms. The molecule has 0 unspecified atom stereocenters. The normalized spacial score (nSPS) is 22.7. The maximum Gasteiger partial charge on any atom is 0.407 e. The van der Waals surface area contributed by atoms with Crippen molar-refractivity contribution < 1.29 is 38.3 Å². The van der Waals surface area contributed by atoms with Crippen molar-refractivity contribution in [2.75, 3.05) is 19.5 Å². The molecule has 1 aromatic rings. The molecule has 2 aliphatic heterocycles. The number of thioether (sulfide) groups is 1. The highest BCUT2D eigenvalue weighted by atomic mass is 32.2. The maximum atomic E-state index is 12.8. The Hall–Kier alpha value is -3.48. The lowest BCUT2D eigenvalue weighted by molar-refractivity contribution is -0.150. The van der Waals surface area contributed by atoms with E-state index < -0.39 is 35.3 Å². The van der Waals surface area contributed by atoms with Gasteiger partial charge in [-0.3, -0.25) is 14.5 Å². The Morgan fingerprint density at radius 2 is 2.03 bits per heavy atom. The first kappa shape index (κ1) is 24.6. The van der Waals surface area contributed by atoms with Gasteiger partial charge in [0.05, 0.1) is 6.26 Å². The summed E-state index contributed by atoms with van der Waals surface area (Å²) in [4.78, 5) is 55.5. The van der Waals surface area contributed by atoms with Gasteiger partial charge in [-0.05, 0) is 25.0 Å². The molecular formula is C22H26N4O8S. The third-order valence-electron chi connectivity index (χ3n) is 5.99. The predicted molar refractivity (Wildman–Crippen MR) is 123 cm³/mol. The van der Waals surface area contributed by atoms with E-state index in [-0.39, 0.29) is 35.6 Å². The number of aliphatic carboxylic acids is 1. The number of oxime groups is 1.